The van der Waals surface area contributed by atoms with Crippen LogP contribution in [0.1, 0.15) is 477 Å². The number of ether oxygens (including phenoxy) is 4. The molecule has 0 aromatic rings. The minimum Gasteiger partial charge on any atom is -0.462 e. The summed E-state index contributed by atoms with van der Waals surface area (Å²) in [6.45, 7) is 4.96. The minimum atomic E-state index is -4.96. The van der Waals surface area contributed by atoms with Crippen molar-refractivity contribution >= 4 is 39.5 Å². The first kappa shape index (κ1) is 104. The molecular formula is C87H170O17P2. The van der Waals surface area contributed by atoms with Gasteiger partial charge in [-0.25, -0.2) is 9.13 Å². The number of carbonyl (C=O) groups is 4. The second kappa shape index (κ2) is 81.1. The summed E-state index contributed by atoms with van der Waals surface area (Å²) < 4.78 is 68.7. The van der Waals surface area contributed by atoms with Crippen LogP contribution >= 0.6 is 15.6 Å². The van der Waals surface area contributed by atoms with Crippen LogP contribution in [0, 0.1) is 0 Å². The van der Waals surface area contributed by atoms with Crippen LogP contribution < -0.4 is 0 Å². The number of esters is 4. The molecule has 630 valence electrons. The lowest BCUT2D eigenvalue weighted by Crippen LogP contribution is -2.30. The van der Waals surface area contributed by atoms with E-state index in [1.807, 2.05) is 0 Å². The van der Waals surface area contributed by atoms with Crippen molar-refractivity contribution in [2.24, 2.45) is 0 Å². The van der Waals surface area contributed by atoms with Crippen molar-refractivity contribution in [2.75, 3.05) is 39.6 Å². The first-order valence-electron chi connectivity index (χ1n) is 45.3. The lowest BCUT2D eigenvalue weighted by molar-refractivity contribution is -0.161. The summed E-state index contributed by atoms with van der Waals surface area (Å²) in [5.41, 5.74) is 0. The summed E-state index contributed by atoms with van der Waals surface area (Å²) in [4.78, 5) is 72.9. The van der Waals surface area contributed by atoms with E-state index in [9.17, 15) is 43.2 Å². The molecule has 2 unspecified atom stereocenters. The Labute approximate surface area is 651 Å². The highest BCUT2D eigenvalue weighted by atomic mass is 31.2. The highest BCUT2D eigenvalue weighted by Crippen LogP contribution is 2.45. The summed E-state index contributed by atoms with van der Waals surface area (Å²) >= 11 is 0. The molecule has 0 aliphatic rings. The molecule has 0 amide bonds. The number of aliphatic hydroxyl groups excluding tert-OH is 1. The average Bonchev–Trinajstić information content (AvgIpc) is 0.905. The van der Waals surface area contributed by atoms with E-state index >= 15 is 0 Å². The molecule has 0 aliphatic carbocycles. The van der Waals surface area contributed by atoms with Crippen LogP contribution in [0.3, 0.4) is 0 Å². The zero-order chi connectivity index (χ0) is 77.4. The number of phosphoric ester groups is 2. The number of unbranched alkanes of at least 4 members (excludes halogenated alkanes) is 62. The lowest BCUT2D eigenvalue weighted by Gasteiger charge is -2.21. The third-order valence-electron chi connectivity index (χ3n) is 20.6. The molecule has 0 bridgehead atoms. The summed E-state index contributed by atoms with van der Waals surface area (Å²) in [7, 11) is -9.91. The van der Waals surface area contributed by atoms with E-state index in [2.05, 4.69) is 27.7 Å². The lowest BCUT2D eigenvalue weighted by atomic mass is 10.0. The van der Waals surface area contributed by atoms with Crippen LogP contribution in [-0.4, -0.2) is 96.7 Å². The molecule has 5 atom stereocenters. The first-order valence-corrected chi connectivity index (χ1v) is 48.3. The highest BCUT2D eigenvalue weighted by molar-refractivity contribution is 7.47. The predicted molar refractivity (Wildman–Crippen MR) is 437 cm³/mol. The van der Waals surface area contributed by atoms with Gasteiger partial charge in [-0.15, -0.1) is 0 Å². The Kier molecular flexibility index (Phi) is 79.6. The van der Waals surface area contributed by atoms with Gasteiger partial charge in [0, 0.05) is 25.7 Å². The maximum absolute atomic E-state index is 13.1. The zero-order valence-electron chi connectivity index (χ0n) is 69.4. The molecule has 106 heavy (non-hydrogen) atoms. The van der Waals surface area contributed by atoms with Crippen LogP contribution in [0.15, 0.2) is 0 Å². The van der Waals surface area contributed by atoms with E-state index in [1.165, 1.54) is 302 Å². The van der Waals surface area contributed by atoms with Crippen molar-refractivity contribution in [3.05, 3.63) is 0 Å². The van der Waals surface area contributed by atoms with Crippen molar-refractivity contribution in [3.8, 4) is 0 Å². The van der Waals surface area contributed by atoms with Crippen molar-refractivity contribution in [1.29, 1.82) is 0 Å². The third-order valence-corrected chi connectivity index (χ3v) is 22.5. The Bertz CT molecular complexity index is 2000. The molecule has 0 fully saturated rings. The van der Waals surface area contributed by atoms with Crippen molar-refractivity contribution < 1.29 is 80.2 Å². The molecule has 0 heterocycles. The normalized spacial score (nSPS) is 13.7. The number of hydrogen-bond acceptors (Lipinski definition) is 15. The van der Waals surface area contributed by atoms with Crippen LogP contribution in [0.2, 0.25) is 0 Å². The molecule has 0 aliphatic heterocycles. The SMILES string of the molecule is CCCCCCCCCCCCCCCCCCCCCCCCC(=O)OC[C@H](COP(=O)(O)OC[C@@H](O)COP(=O)(O)OC[C@@H](COC(=O)CCCCCCC)OC(=O)CCCCCCCCCCCCCCCCCCC)OC(=O)CCCCCCCCCCCCCCCCCCCCCCCC. The van der Waals surface area contributed by atoms with Gasteiger partial charge >= 0.3 is 39.5 Å². The molecule has 3 N–H and O–H groups in total. The molecule has 0 spiro atoms. The fourth-order valence-corrected chi connectivity index (χ4v) is 15.3. The number of aliphatic hydroxyl groups is 1. The molecule has 0 aromatic heterocycles. The predicted octanol–water partition coefficient (Wildman–Crippen LogP) is 26.9. The van der Waals surface area contributed by atoms with Gasteiger partial charge in [0.2, 0.25) is 0 Å². The Morgan fingerprint density at radius 1 is 0.226 bits per heavy atom. The zero-order valence-corrected chi connectivity index (χ0v) is 71.2. The van der Waals surface area contributed by atoms with Crippen molar-refractivity contribution in [1.82, 2.24) is 0 Å². The Morgan fingerprint density at radius 3 is 0.557 bits per heavy atom. The maximum atomic E-state index is 13.1. The number of carbonyl (C=O) groups excluding carboxylic acids is 4. The van der Waals surface area contributed by atoms with Gasteiger partial charge < -0.3 is 33.8 Å². The van der Waals surface area contributed by atoms with Crippen LogP contribution in [0.5, 0.6) is 0 Å². The van der Waals surface area contributed by atoms with Gasteiger partial charge in [-0.2, -0.15) is 0 Å². The van der Waals surface area contributed by atoms with Gasteiger partial charge in [0.15, 0.2) is 12.2 Å². The molecular weight excluding hydrogens is 1380 g/mol. The summed E-state index contributed by atoms with van der Waals surface area (Å²) in [6, 6.07) is 0. The molecule has 0 aromatic carbocycles. The first-order chi connectivity index (χ1) is 51.7. The van der Waals surface area contributed by atoms with Gasteiger partial charge in [-0.1, -0.05) is 426 Å². The van der Waals surface area contributed by atoms with E-state index in [4.69, 9.17) is 37.0 Å². The Morgan fingerprint density at radius 2 is 0.377 bits per heavy atom. The van der Waals surface area contributed by atoms with Crippen molar-refractivity contribution in [2.45, 2.75) is 495 Å². The van der Waals surface area contributed by atoms with Gasteiger partial charge in [0.05, 0.1) is 26.4 Å². The minimum absolute atomic E-state index is 0.108. The van der Waals surface area contributed by atoms with E-state index in [0.717, 1.165) is 96.3 Å². The fraction of sp³-hybridized carbons (Fsp3) is 0.954. The quantitative estimate of drug-likeness (QED) is 0.0222. The van der Waals surface area contributed by atoms with E-state index in [0.29, 0.717) is 25.7 Å². The number of hydrogen-bond donors (Lipinski definition) is 3. The summed E-state index contributed by atoms with van der Waals surface area (Å²) in [5.74, 6) is -2.11. The topological polar surface area (TPSA) is 237 Å². The fourth-order valence-electron chi connectivity index (χ4n) is 13.7. The van der Waals surface area contributed by atoms with Gasteiger partial charge in [-0.05, 0) is 25.7 Å². The maximum Gasteiger partial charge on any atom is 0.472 e. The van der Waals surface area contributed by atoms with E-state index < -0.39 is 97.5 Å². The second-order valence-electron chi connectivity index (χ2n) is 31.3. The van der Waals surface area contributed by atoms with E-state index in [1.54, 1.807) is 0 Å². The van der Waals surface area contributed by atoms with E-state index in [-0.39, 0.29) is 25.7 Å². The highest BCUT2D eigenvalue weighted by Gasteiger charge is 2.30. The molecule has 19 heteroatoms. The van der Waals surface area contributed by atoms with Crippen LogP contribution in [0.4, 0.5) is 0 Å². The van der Waals surface area contributed by atoms with Gasteiger partial charge in [0.25, 0.3) is 0 Å². The molecule has 0 rings (SSSR count). The average molecular weight is 1550 g/mol. The number of phosphoric acid groups is 2. The van der Waals surface area contributed by atoms with Gasteiger partial charge in [-0.3, -0.25) is 37.3 Å². The van der Waals surface area contributed by atoms with Gasteiger partial charge in [0.1, 0.15) is 19.3 Å². The standard InChI is InChI=1S/C87H170O17P2/c1-5-9-13-17-20-23-26-29-32-35-37-39-41-43-46-48-51-54-57-60-64-68-72-85(90)98-78-83(104-87(92)74-70-66-62-59-56-53-50-47-44-42-40-38-36-33-30-27-24-21-18-14-10-6-2)80-102-106(95,96)100-76-81(88)75-99-105(93,94)101-79-82(77-97-84(89)71-67-63-16-12-8-4)103-86(91)73-69-65-61-58-55-52-49-45-34-31-28-25-22-19-15-11-7-3/h81-83,88H,5-80H2,1-4H3,(H,93,94)(H,95,96)/t81-,82+,83+/m0/s1. The molecule has 0 saturated heterocycles. The Balaban J connectivity index is 5.08. The largest absolute Gasteiger partial charge is 0.472 e. The molecule has 17 nitrogen and oxygen atoms in total. The summed E-state index contributed by atoms with van der Waals surface area (Å²) in [6.07, 6.45) is 77.1. The third kappa shape index (κ3) is 80.1. The smallest absolute Gasteiger partial charge is 0.462 e. The molecule has 0 saturated carbocycles. The molecule has 0 radical (unpaired) electrons. The van der Waals surface area contributed by atoms with Crippen molar-refractivity contribution in [3.63, 3.8) is 0 Å². The monoisotopic (exact) mass is 1550 g/mol. The van der Waals surface area contributed by atoms with Crippen LogP contribution in [-0.2, 0) is 65.4 Å². The van der Waals surface area contributed by atoms with Crippen LogP contribution in [0.25, 0.3) is 0 Å². The summed E-state index contributed by atoms with van der Waals surface area (Å²) in [5, 5.41) is 10.6. The second-order valence-corrected chi connectivity index (χ2v) is 34.2. The Hall–Kier alpha value is -1.94. The number of rotatable bonds is 88.